The van der Waals surface area contributed by atoms with Crippen molar-refractivity contribution in [2.75, 3.05) is 6.54 Å². The molecule has 1 aromatic carbocycles. The molecule has 1 aromatic rings. The zero-order chi connectivity index (χ0) is 15.9. The predicted molar refractivity (Wildman–Crippen MR) is 88.2 cm³/mol. The van der Waals surface area contributed by atoms with Crippen LogP contribution in [0.3, 0.4) is 0 Å². The van der Waals surface area contributed by atoms with Gasteiger partial charge in [-0.25, -0.2) is 9.86 Å². The molecule has 0 radical (unpaired) electrons. The maximum atomic E-state index is 10.2. The molecule has 118 valence electrons. The van der Waals surface area contributed by atoms with Gasteiger partial charge in [-0.2, -0.15) is 8.42 Å². The summed E-state index contributed by atoms with van der Waals surface area (Å²) in [5.74, 6) is 0. The van der Waals surface area contributed by atoms with Crippen molar-refractivity contribution in [3.63, 3.8) is 0 Å². The number of benzene rings is 1. The summed E-state index contributed by atoms with van der Waals surface area (Å²) < 4.78 is 22.5. The molecule has 5 heteroatoms. The molecule has 0 aliphatic heterocycles. The highest BCUT2D eigenvalue weighted by atomic mass is 32.2. The van der Waals surface area contributed by atoms with Gasteiger partial charge in [-0.1, -0.05) is 48.8 Å². The molecule has 0 unspecified atom stereocenters. The van der Waals surface area contributed by atoms with Gasteiger partial charge in [0, 0.05) is 6.54 Å². The Hall–Kier alpha value is -1.17. The first-order valence-corrected chi connectivity index (χ1v) is 8.87. The fourth-order valence-electron chi connectivity index (χ4n) is 2.17. The average molecular weight is 310 g/mol. The molecule has 2 rings (SSSR count). The molecule has 3 N–H and O–H groups in total. The van der Waals surface area contributed by atoms with E-state index in [2.05, 4.69) is 48.0 Å². The van der Waals surface area contributed by atoms with Gasteiger partial charge in [0.25, 0.3) is 10.2 Å². The second-order valence-corrected chi connectivity index (χ2v) is 6.85. The highest BCUT2D eigenvalue weighted by Gasteiger charge is 2.10. The first-order valence-electron chi connectivity index (χ1n) is 7.33. The molecule has 0 saturated heterocycles. The van der Waals surface area contributed by atoms with Crippen LogP contribution >= 0.6 is 0 Å². The van der Waals surface area contributed by atoms with Crippen LogP contribution < -0.4 is 9.86 Å². The Kier molecular flexibility index (Phi) is 7.08. The number of allylic oxidation sites excluding steroid dienone is 2. The smallest absolute Gasteiger partial charge is 0.216 e. The molecule has 21 heavy (non-hydrogen) atoms. The predicted octanol–water partition coefficient (Wildman–Crippen LogP) is 2.70. The fraction of sp³-hybridized carbons (Fsp3) is 0.500. The van der Waals surface area contributed by atoms with Crippen molar-refractivity contribution in [1.82, 2.24) is 4.72 Å². The Morgan fingerprint density at radius 2 is 1.57 bits per heavy atom. The van der Waals surface area contributed by atoms with Gasteiger partial charge < -0.3 is 0 Å². The molecule has 0 amide bonds. The van der Waals surface area contributed by atoms with Gasteiger partial charge in [0.1, 0.15) is 0 Å². The summed E-state index contributed by atoms with van der Waals surface area (Å²) >= 11 is 0. The SMILES string of the molecule is CC1=C(C)Cc2ccccc2C1.CCCCNS(N)(=O)=O. The van der Waals surface area contributed by atoms with Gasteiger partial charge in [-0.15, -0.1) is 0 Å². The Bertz CT molecular complexity index is 559. The number of nitrogens with one attached hydrogen (secondary N) is 1. The Labute approximate surface area is 128 Å². The molecule has 0 bridgehead atoms. The van der Waals surface area contributed by atoms with Gasteiger partial charge in [0.15, 0.2) is 0 Å². The topological polar surface area (TPSA) is 72.2 Å². The van der Waals surface area contributed by atoms with E-state index < -0.39 is 10.2 Å². The van der Waals surface area contributed by atoms with E-state index in [1.807, 2.05) is 6.92 Å². The van der Waals surface area contributed by atoms with Crippen molar-refractivity contribution in [3.05, 3.63) is 46.5 Å². The third-order valence-corrected chi connectivity index (χ3v) is 4.20. The number of nitrogens with two attached hydrogens (primary N) is 1. The van der Waals surface area contributed by atoms with Crippen LogP contribution in [0.4, 0.5) is 0 Å². The lowest BCUT2D eigenvalue weighted by atomic mass is 9.88. The largest absolute Gasteiger partial charge is 0.274 e. The van der Waals surface area contributed by atoms with E-state index in [0.717, 1.165) is 25.7 Å². The van der Waals surface area contributed by atoms with Gasteiger partial charge in [0.05, 0.1) is 0 Å². The van der Waals surface area contributed by atoms with Crippen LogP contribution in [0, 0.1) is 0 Å². The third kappa shape index (κ3) is 6.89. The van der Waals surface area contributed by atoms with Crippen molar-refractivity contribution in [1.29, 1.82) is 0 Å². The van der Waals surface area contributed by atoms with E-state index in [0.29, 0.717) is 6.54 Å². The summed E-state index contributed by atoms with van der Waals surface area (Å²) in [6.45, 7) is 6.90. The average Bonchev–Trinajstić information content (AvgIpc) is 2.40. The normalized spacial score (nSPS) is 14.3. The molecular weight excluding hydrogens is 284 g/mol. The second-order valence-electron chi connectivity index (χ2n) is 5.48. The molecule has 0 saturated carbocycles. The summed E-state index contributed by atoms with van der Waals surface area (Å²) in [5.41, 5.74) is 6.13. The number of rotatable bonds is 4. The summed E-state index contributed by atoms with van der Waals surface area (Å²) in [6.07, 6.45) is 4.10. The van der Waals surface area contributed by atoms with E-state index >= 15 is 0 Å². The summed E-state index contributed by atoms with van der Waals surface area (Å²) in [7, 11) is -3.45. The molecule has 4 nitrogen and oxygen atoms in total. The van der Waals surface area contributed by atoms with Crippen LogP contribution in [0.15, 0.2) is 35.4 Å². The van der Waals surface area contributed by atoms with Crippen LogP contribution in [0.2, 0.25) is 0 Å². The highest BCUT2D eigenvalue weighted by Crippen LogP contribution is 2.24. The first-order chi connectivity index (χ1) is 9.83. The van der Waals surface area contributed by atoms with Crippen molar-refractivity contribution in [2.24, 2.45) is 5.14 Å². The van der Waals surface area contributed by atoms with Crippen molar-refractivity contribution >= 4 is 10.2 Å². The molecule has 1 aliphatic carbocycles. The van der Waals surface area contributed by atoms with Crippen LogP contribution in [-0.2, 0) is 23.1 Å². The van der Waals surface area contributed by atoms with Crippen molar-refractivity contribution in [3.8, 4) is 0 Å². The minimum atomic E-state index is -3.45. The minimum absolute atomic E-state index is 0.440. The monoisotopic (exact) mass is 310 g/mol. The zero-order valence-electron chi connectivity index (χ0n) is 13.1. The lowest BCUT2D eigenvalue weighted by molar-refractivity contribution is 0.580. The first kappa shape index (κ1) is 17.9. The van der Waals surface area contributed by atoms with E-state index in [9.17, 15) is 8.42 Å². The zero-order valence-corrected chi connectivity index (χ0v) is 14.0. The molecule has 1 aliphatic rings. The Morgan fingerprint density at radius 3 is 1.95 bits per heavy atom. The van der Waals surface area contributed by atoms with Gasteiger partial charge >= 0.3 is 0 Å². The molecule has 0 fully saturated rings. The lowest BCUT2D eigenvalue weighted by Crippen LogP contribution is -2.31. The molecular formula is C16H26N2O2S. The van der Waals surface area contributed by atoms with Crippen molar-refractivity contribution in [2.45, 2.75) is 46.5 Å². The Morgan fingerprint density at radius 1 is 1.10 bits per heavy atom. The fourth-order valence-corrected chi connectivity index (χ4v) is 2.60. The molecule has 0 spiro atoms. The minimum Gasteiger partial charge on any atom is -0.216 e. The standard InChI is InChI=1S/C12H14.C4H12N2O2S/c1-9-7-11-5-3-4-6-12(11)8-10(9)2;1-2-3-4-6-9(5,7)8/h3-6H,7-8H2,1-2H3;6H,2-4H2,1H3,(H2,5,7,8). The third-order valence-electron chi connectivity index (χ3n) is 3.59. The van der Waals surface area contributed by atoms with Gasteiger partial charge in [0.2, 0.25) is 0 Å². The van der Waals surface area contributed by atoms with E-state index in [1.54, 1.807) is 11.1 Å². The van der Waals surface area contributed by atoms with Crippen LogP contribution in [0.25, 0.3) is 0 Å². The quantitative estimate of drug-likeness (QED) is 0.663. The molecule has 0 atom stereocenters. The van der Waals surface area contributed by atoms with Crippen molar-refractivity contribution < 1.29 is 8.42 Å². The summed E-state index contributed by atoms with van der Waals surface area (Å²) in [5, 5.41) is 4.64. The number of unbranched alkanes of at least 4 members (excludes halogenated alkanes) is 1. The Balaban J connectivity index is 0.000000222. The molecule has 0 aromatic heterocycles. The van der Waals surface area contributed by atoms with Gasteiger partial charge in [-0.3, -0.25) is 0 Å². The lowest BCUT2D eigenvalue weighted by Gasteiger charge is -2.18. The summed E-state index contributed by atoms with van der Waals surface area (Å²) in [4.78, 5) is 0. The number of hydrogen-bond acceptors (Lipinski definition) is 2. The number of hydrogen-bond donors (Lipinski definition) is 2. The molecule has 0 heterocycles. The van der Waals surface area contributed by atoms with E-state index in [-0.39, 0.29) is 0 Å². The summed E-state index contributed by atoms with van der Waals surface area (Å²) in [6, 6.07) is 8.75. The van der Waals surface area contributed by atoms with Crippen LogP contribution in [0.5, 0.6) is 0 Å². The van der Waals surface area contributed by atoms with Gasteiger partial charge in [-0.05, 0) is 44.2 Å². The van der Waals surface area contributed by atoms with Crippen LogP contribution in [0.1, 0.15) is 44.7 Å². The maximum absolute atomic E-state index is 10.2. The van der Waals surface area contributed by atoms with E-state index in [4.69, 9.17) is 0 Å². The second kappa shape index (κ2) is 8.32. The maximum Gasteiger partial charge on any atom is 0.274 e. The number of fused-ring (bicyclic) bond motifs is 1. The highest BCUT2D eigenvalue weighted by molar-refractivity contribution is 7.87. The van der Waals surface area contributed by atoms with E-state index in [1.165, 1.54) is 11.1 Å². The van der Waals surface area contributed by atoms with Crippen LogP contribution in [-0.4, -0.2) is 15.0 Å².